The Morgan fingerprint density at radius 1 is 1.19 bits per heavy atom. The van der Waals surface area contributed by atoms with Crippen molar-refractivity contribution < 1.29 is 22.4 Å². The molecule has 0 fully saturated rings. The second kappa shape index (κ2) is 5.60. The lowest BCUT2D eigenvalue weighted by molar-refractivity contribution is -0.0793. The lowest BCUT2D eigenvalue weighted by Crippen LogP contribution is -2.03. The molecule has 0 bridgehead atoms. The first-order valence-corrected chi connectivity index (χ1v) is 6.24. The third kappa shape index (κ3) is 3.62. The van der Waals surface area contributed by atoms with Crippen molar-refractivity contribution in [1.82, 2.24) is 0 Å². The molecule has 0 saturated heterocycles. The van der Waals surface area contributed by atoms with Gasteiger partial charge in [-0.25, -0.2) is 0 Å². The minimum absolute atomic E-state index is 0.0289. The Bertz CT molecular complexity index is 679. The molecule has 5 heteroatoms. The number of rotatable bonds is 3. The average Bonchev–Trinajstić information content (AvgIpc) is 2.78. The van der Waals surface area contributed by atoms with E-state index in [1.165, 1.54) is 13.0 Å². The van der Waals surface area contributed by atoms with E-state index in [2.05, 4.69) is 0 Å². The summed E-state index contributed by atoms with van der Waals surface area (Å²) in [6, 6.07) is 9.46. The minimum Gasteiger partial charge on any atom is -0.461 e. The molecule has 0 spiro atoms. The topological polar surface area (TPSA) is 30.2 Å². The Labute approximate surface area is 119 Å². The molecule has 1 aromatic heterocycles. The molecular formula is C16H13F3O2. The van der Waals surface area contributed by atoms with Crippen LogP contribution >= 0.6 is 0 Å². The highest BCUT2D eigenvalue weighted by Gasteiger charge is 2.27. The van der Waals surface area contributed by atoms with E-state index >= 15 is 0 Å². The van der Waals surface area contributed by atoms with Gasteiger partial charge in [-0.2, -0.15) is 13.2 Å². The first kappa shape index (κ1) is 15.1. The largest absolute Gasteiger partial charge is 0.461 e. The first-order chi connectivity index (χ1) is 9.78. The maximum absolute atomic E-state index is 12.8. The molecule has 0 unspecified atom stereocenters. The normalized spacial score (nSPS) is 12.5. The highest BCUT2D eigenvalue weighted by Crippen LogP contribution is 2.31. The van der Waals surface area contributed by atoms with Crippen molar-refractivity contribution in [2.45, 2.75) is 20.0 Å². The van der Waals surface area contributed by atoms with Gasteiger partial charge >= 0.3 is 6.18 Å². The van der Waals surface area contributed by atoms with Crippen molar-refractivity contribution in [1.29, 1.82) is 0 Å². The molecule has 0 N–H and O–H groups in total. The van der Waals surface area contributed by atoms with Gasteiger partial charge in [-0.1, -0.05) is 30.3 Å². The second-order valence-electron chi connectivity index (χ2n) is 4.60. The summed E-state index contributed by atoms with van der Waals surface area (Å²) in [6.45, 7) is 2.90. The summed E-state index contributed by atoms with van der Waals surface area (Å²) in [5.41, 5.74) is 0.561. The highest BCUT2D eigenvalue weighted by molar-refractivity contribution is 5.96. The molecule has 1 heterocycles. The van der Waals surface area contributed by atoms with Crippen LogP contribution in [0.4, 0.5) is 13.2 Å². The second-order valence-corrected chi connectivity index (χ2v) is 4.60. The zero-order chi connectivity index (χ0) is 15.6. The highest BCUT2D eigenvalue weighted by atomic mass is 19.4. The number of carbonyl (C=O) groups excluding carboxylic acids is 1. The monoisotopic (exact) mass is 294 g/mol. The van der Waals surface area contributed by atoms with Gasteiger partial charge in [0.25, 0.3) is 0 Å². The van der Waals surface area contributed by atoms with Gasteiger partial charge < -0.3 is 4.42 Å². The van der Waals surface area contributed by atoms with Gasteiger partial charge in [0.2, 0.25) is 0 Å². The van der Waals surface area contributed by atoms with Crippen LogP contribution in [0, 0.1) is 6.92 Å². The van der Waals surface area contributed by atoms with Crippen molar-refractivity contribution in [2.75, 3.05) is 0 Å². The van der Waals surface area contributed by atoms with Gasteiger partial charge in [0.15, 0.2) is 5.78 Å². The van der Waals surface area contributed by atoms with Gasteiger partial charge in [0, 0.05) is 11.6 Å². The summed E-state index contributed by atoms with van der Waals surface area (Å²) in [7, 11) is 0. The van der Waals surface area contributed by atoms with Gasteiger partial charge in [0.1, 0.15) is 11.5 Å². The Morgan fingerprint density at radius 3 is 2.29 bits per heavy atom. The SMILES string of the molecule is CC(=O)c1cc(/C(=C\C(F)(F)F)c2ccccc2)oc1C. The number of benzene rings is 1. The quantitative estimate of drug-likeness (QED) is 0.762. The van der Waals surface area contributed by atoms with Crippen LogP contribution in [0.15, 0.2) is 46.9 Å². The number of furan rings is 1. The molecule has 0 aliphatic carbocycles. The van der Waals surface area contributed by atoms with E-state index in [9.17, 15) is 18.0 Å². The minimum atomic E-state index is -4.48. The van der Waals surface area contributed by atoms with Gasteiger partial charge in [0.05, 0.1) is 5.56 Å². The van der Waals surface area contributed by atoms with E-state index in [1.807, 2.05) is 0 Å². The number of hydrogen-bond acceptors (Lipinski definition) is 2. The van der Waals surface area contributed by atoms with E-state index in [-0.39, 0.29) is 28.8 Å². The molecule has 2 nitrogen and oxygen atoms in total. The molecule has 0 atom stereocenters. The predicted molar refractivity (Wildman–Crippen MR) is 73.0 cm³/mol. The lowest BCUT2D eigenvalue weighted by atomic mass is 10.0. The van der Waals surface area contributed by atoms with E-state index in [0.29, 0.717) is 11.3 Å². The van der Waals surface area contributed by atoms with Crippen molar-refractivity contribution in [3.05, 3.63) is 65.1 Å². The van der Waals surface area contributed by atoms with Crippen molar-refractivity contribution >= 4 is 11.4 Å². The summed E-state index contributed by atoms with van der Waals surface area (Å²) >= 11 is 0. The van der Waals surface area contributed by atoms with Crippen LogP contribution in [0.25, 0.3) is 5.57 Å². The maximum atomic E-state index is 12.8. The molecule has 0 aliphatic rings. The van der Waals surface area contributed by atoms with Crippen LogP contribution in [-0.2, 0) is 0 Å². The molecule has 1 aromatic carbocycles. The fourth-order valence-corrected chi connectivity index (χ4v) is 2.04. The van der Waals surface area contributed by atoms with E-state index in [1.54, 1.807) is 37.3 Å². The predicted octanol–water partition coefficient (Wildman–Crippen LogP) is 4.78. The van der Waals surface area contributed by atoms with Crippen LogP contribution in [0.1, 0.15) is 34.4 Å². The van der Waals surface area contributed by atoms with Crippen molar-refractivity contribution in [3.63, 3.8) is 0 Å². The number of hydrogen-bond donors (Lipinski definition) is 0. The van der Waals surface area contributed by atoms with Crippen LogP contribution in [0.3, 0.4) is 0 Å². The third-order valence-corrected chi connectivity index (χ3v) is 2.96. The number of halogens is 3. The molecule has 21 heavy (non-hydrogen) atoms. The van der Waals surface area contributed by atoms with Gasteiger partial charge in [-0.3, -0.25) is 4.79 Å². The number of Topliss-reactive ketones (excluding diaryl/α,β-unsaturated/α-hetero) is 1. The molecule has 0 aliphatic heterocycles. The smallest absolute Gasteiger partial charge is 0.410 e. The summed E-state index contributed by atoms with van der Waals surface area (Å²) in [5.74, 6) is 0.0876. The Hall–Kier alpha value is -2.30. The van der Waals surface area contributed by atoms with E-state index < -0.39 is 6.18 Å². The first-order valence-electron chi connectivity index (χ1n) is 6.24. The fourth-order valence-electron chi connectivity index (χ4n) is 2.04. The number of ketones is 1. The average molecular weight is 294 g/mol. The molecule has 0 amide bonds. The summed E-state index contributed by atoms with van der Waals surface area (Å²) in [6.07, 6.45) is -4.30. The van der Waals surface area contributed by atoms with Crippen molar-refractivity contribution in [2.24, 2.45) is 0 Å². The number of alkyl halides is 3. The molecular weight excluding hydrogens is 281 g/mol. The van der Waals surface area contributed by atoms with Crippen LogP contribution in [0.2, 0.25) is 0 Å². The molecule has 2 rings (SSSR count). The Kier molecular flexibility index (Phi) is 4.02. The van der Waals surface area contributed by atoms with Crippen LogP contribution in [-0.4, -0.2) is 12.0 Å². The van der Waals surface area contributed by atoms with Crippen molar-refractivity contribution in [3.8, 4) is 0 Å². The van der Waals surface area contributed by atoms with E-state index in [0.717, 1.165) is 0 Å². The summed E-state index contributed by atoms with van der Waals surface area (Å²) < 4.78 is 43.6. The number of carbonyl (C=O) groups is 1. The molecule has 110 valence electrons. The Balaban J connectivity index is 2.59. The lowest BCUT2D eigenvalue weighted by Gasteiger charge is -2.07. The standard InChI is InChI=1S/C16H13F3O2/c1-10(20)13-8-15(21-11(13)2)14(9-16(17,18)19)12-6-4-3-5-7-12/h3-9H,1-2H3/b14-9-. The molecule has 0 saturated carbocycles. The van der Waals surface area contributed by atoms with E-state index in [4.69, 9.17) is 4.42 Å². The van der Waals surface area contributed by atoms with Crippen LogP contribution in [0.5, 0.6) is 0 Å². The zero-order valence-corrected chi connectivity index (χ0v) is 11.5. The summed E-state index contributed by atoms with van der Waals surface area (Å²) in [5, 5.41) is 0. The Morgan fingerprint density at radius 2 is 1.81 bits per heavy atom. The number of allylic oxidation sites excluding steroid dienone is 1. The number of aryl methyl sites for hydroxylation is 1. The summed E-state index contributed by atoms with van der Waals surface area (Å²) in [4.78, 5) is 11.4. The zero-order valence-electron chi connectivity index (χ0n) is 11.5. The van der Waals surface area contributed by atoms with Gasteiger partial charge in [-0.05, 0) is 25.5 Å². The third-order valence-electron chi connectivity index (χ3n) is 2.96. The maximum Gasteiger partial charge on any atom is 0.410 e. The fraction of sp³-hybridized carbons (Fsp3) is 0.188. The molecule has 2 aromatic rings. The van der Waals surface area contributed by atoms with Gasteiger partial charge in [-0.15, -0.1) is 0 Å². The molecule has 0 radical (unpaired) electrons. The van der Waals surface area contributed by atoms with Crippen LogP contribution < -0.4 is 0 Å².